The second kappa shape index (κ2) is 8.12. The van der Waals surface area contributed by atoms with Gasteiger partial charge in [-0.3, -0.25) is 4.79 Å². The van der Waals surface area contributed by atoms with Crippen LogP contribution in [0.15, 0.2) is 48.5 Å². The molecule has 4 nitrogen and oxygen atoms in total. The predicted molar refractivity (Wildman–Crippen MR) is 93.0 cm³/mol. The topological polar surface area (TPSA) is 38.8 Å². The van der Waals surface area contributed by atoms with Crippen molar-refractivity contribution in [2.45, 2.75) is 19.4 Å². The molecule has 1 saturated heterocycles. The first-order valence-corrected chi connectivity index (χ1v) is 8.53. The van der Waals surface area contributed by atoms with Crippen molar-refractivity contribution < 1.29 is 18.7 Å². The third-order valence-corrected chi connectivity index (χ3v) is 4.26. The molecule has 1 aliphatic rings. The summed E-state index contributed by atoms with van der Waals surface area (Å²) in [6, 6.07) is 14.1. The summed E-state index contributed by atoms with van der Waals surface area (Å²) >= 11 is 0. The maximum Gasteiger partial charge on any atom is 0.227 e. The van der Waals surface area contributed by atoms with Crippen LogP contribution in [-0.4, -0.2) is 37.1 Å². The van der Waals surface area contributed by atoms with Gasteiger partial charge in [0.2, 0.25) is 5.91 Å². The highest BCUT2D eigenvalue weighted by Crippen LogP contribution is 2.25. The minimum Gasteiger partial charge on any atom is -0.494 e. The maximum absolute atomic E-state index is 14.0. The average molecular weight is 343 g/mol. The second-order valence-electron chi connectivity index (χ2n) is 5.97. The summed E-state index contributed by atoms with van der Waals surface area (Å²) in [7, 11) is 0. The molecule has 0 bridgehead atoms. The molecule has 2 aromatic carbocycles. The van der Waals surface area contributed by atoms with Gasteiger partial charge in [-0.25, -0.2) is 4.39 Å². The van der Waals surface area contributed by atoms with E-state index in [1.807, 2.05) is 31.2 Å². The molecule has 0 aliphatic carbocycles. The van der Waals surface area contributed by atoms with Gasteiger partial charge in [0.05, 0.1) is 26.2 Å². The molecule has 1 heterocycles. The van der Waals surface area contributed by atoms with Crippen LogP contribution < -0.4 is 4.74 Å². The molecule has 25 heavy (non-hydrogen) atoms. The van der Waals surface area contributed by atoms with Crippen molar-refractivity contribution in [2.24, 2.45) is 0 Å². The van der Waals surface area contributed by atoms with Crippen molar-refractivity contribution in [3.63, 3.8) is 0 Å². The zero-order valence-electron chi connectivity index (χ0n) is 14.3. The zero-order chi connectivity index (χ0) is 17.6. The van der Waals surface area contributed by atoms with E-state index in [-0.39, 0.29) is 11.7 Å². The summed E-state index contributed by atoms with van der Waals surface area (Å²) in [4.78, 5) is 14.3. The van der Waals surface area contributed by atoms with Gasteiger partial charge in [-0.2, -0.15) is 0 Å². The van der Waals surface area contributed by atoms with Crippen LogP contribution in [0.4, 0.5) is 4.39 Å². The van der Waals surface area contributed by atoms with Gasteiger partial charge >= 0.3 is 0 Å². The van der Waals surface area contributed by atoms with Gasteiger partial charge in [-0.15, -0.1) is 0 Å². The quantitative estimate of drug-likeness (QED) is 0.835. The molecular formula is C20H22FNO3. The van der Waals surface area contributed by atoms with Crippen LogP contribution in [0.2, 0.25) is 0 Å². The Balaban J connectivity index is 1.63. The monoisotopic (exact) mass is 343 g/mol. The van der Waals surface area contributed by atoms with E-state index in [2.05, 4.69) is 0 Å². The van der Waals surface area contributed by atoms with E-state index in [0.717, 1.165) is 11.3 Å². The molecule has 0 N–H and O–H groups in total. The van der Waals surface area contributed by atoms with Gasteiger partial charge < -0.3 is 14.4 Å². The number of halogens is 1. The fourth-order valence-electron chi connectivity index (χ4n) is 2.96. The summed E-state index contributed by atoms with van der Waals surface area (Å²) < 4.78 is 25.0. The molecule has 1 unspecified atom stereocenters. The third-order valence-electron chi connectivity index (χ3n) is 4.26. The molecule has 0 saturated carbocycles. The predicted octanol–water partition coefficient (Wildman–Crippen LogP) is 3.37. The van der Waals surface area contributed by atoms with Crippen LogP contribution in [0.3, 0.4) is 0 Å². The highest BCUT2D eigenvalue weighted by Gasteiger charge is 2.27. The van der Waals surface area contributed by atoms with E-state index >= 15 is 0 Å². The molecule has 132 valence electrons. The number of carbonyl (C=O) groups is 1. The van der Waals surface area contributed by atoms with Gasteiger partial charge in [0.25, 0.3) is 0 Å². The number of hydrogen-bond donors (Lipinski definition) is 0. The lowest BCUT2D eigenvalue weighted by atomic mass is 10.1. The number of morpholine rings is 1. The highest BCUT2D eigenvalue weighted by atomic mass is 19.1. The molecule has 3 rings (SSSR count). The van der Waals surface area contributed by atoms with Gasteiger partial charge in [-0.1, -0.05) is 30.3 Å². The fourth-order valence-corrected chi connectivity index (χ4v) is 2.96. The zero-order valence-corrected chi connectivity index (χ0v) is 14.3. The molecule has 0 spiro atoms. The van der Waals surface area contributed by atoms with Gasteiger partial charge in [0.15, 0.2) is 0 Å². The van der Waals surface area contributed by atoms with Crippen LogP contribution in [0, 0.1) is 5.82 Å². The summed E-state index contributed by atoms with van der Waals surface area (Å²) in [6.07, 6.45) is -0.102. The van der Waals surface area contributed by atoms with Crippen molar-refractivity contribution in [3.05, 3.63) is 65.5 Å². The molecule has 2 aromatic rings. The van der Waals surface area contributed by atoms with E-state index in [9.17, 15) is 9.18 Å². The molecule has 1 aliphatic heterocycles. The Morgan fingerprint density at radius 1 is 1.24 bits per heavy atom. The lowest BCUT2D eigenvalue weighted by molar-refractivity contribution is -0.138. The fraction of sp³-hybridized carbons (Fsp3) is 0.350. The largest absolute Gasteiger partial charge is 0.494 e. The minimum absolute atomic E-state index is 0.0220. The first-order valence-electron chi connectivity index (χ1n) is 8.53. The average Bonchev–Trinajstić information content (AvgIpc) is 2.64. The number of ether oxygens (including phenoxy) is 2. The normalized spacial score (nSPS) is 17.4. The SMILES string of the molecule is CCOc1ccc(CC(=O)N2CCOC(c3ccccc3F)C2)cc1. The number of carbonyl (C=O) groups excluding carboxylic acids is 1. The second-order valence-corrected chi connectivity index (χ2v) is 5.97. The number of benzene rings is 2. The molecule has 0 radical (unpaired) electrons. The van der Waals surface area contributed by atoms with Crippen molar-refractivity contribution >= 4 is 5.91 Å². The van der Waals surface area contributed by atoms with Crippen LogP contribution in [0.5, 0.6) is 5.75 Å². The van der Waals surface area contributed by atoms with Crippen molar-refractivity contribution in [1.29, 1.82) is 0 Å². The Morgan fingerprint density at radius 3 is 2.72 bits per heavy atom. The van der Waals surface area contributed by atoms with E-state index in [1.165, 1.54) is 6.07 Å². The minimum atomic E-state index is -0.417. The van der Waals surface area contributed by atoms with E-state index in [0.29, 0.717) is 38.3 Å². The van der Waals surface area contributed by atoms with Gasteiger partial charge in [0.1, 0.15) is 17.7 Å². The highest BCUT2D eigenvalue weighted by molar-refractivity contribution is 5.79. The summed E-state index contributed by atoms with van der Waals surface area (Å²) in [5, 5.41) is 0. The Bertz CT molecular complexity index is 717. The lowest BCUT2D eigenvalue weighted by Crippen LogP contribution is -2.43. The van der Waals surface area contributed by atoms with Crippen LogP contribution in [0.1, 0.15) is 24.2 Å². The van der Waals surface area contributed by atoms with Crippen LogP contribution >= 0.6 is 0 Å². The Labute approximate surface area is 147 Å². The summed E-state index contributed by atoms with van der Waals surface area (Å²) in [5.41, 5.74) is 1.43. The molecule has 5 heteroatoms. The van der Waals surface area contributed by atoms with Crippen molar-refractivity contribution in [1.82, 2.24) is 4.90 Å². The smallest absolute Gasteiger partial charge is 0.227 e. The standard InChI is InChI=1S/C20H22FNO3/c1-2-24-16-9-7-15(8-10-16)13-20(23)22-11-12-25-19(14-22)17-5-3-4-6-18(17)21/h3-10,19H,2,11-14H2,1H3. The summed E-state index contributed by atoms with van der Waals surface area (Å²) in [5.74, 6) is 0.520. The van der Waals surface area contributed by atoms with E-state index < -0.39 is 6.10 Å². The summed E-state index contributed by atoms with van der Waals surface area (Å²) in [6.45, 7) is 3.86. The first kappa shape index (κ1) is 17.4. The molecule has 1 atom stereocenters. The van der Waals surface area contributed by atoms with Crippen molar-refractivity contribution in [2.75, 3.05) is 26.3 Å². The third kappa shape index (κ3) is 4.37. The Morgan fingerprint density at radius 2 is 2.00 bits per heavy atom. The van der Waals surface area contributed by atoms with E-state index in [4.69, 9.17) is 9.47 Å². The number of hydrogen-bond acceptors (Lipinski definition) is 3. The lowest BCUT2D eigenvalue weighted by Gasteiger charge is -2.33. The number of rotatable bonds is 5. The first-order chi connectivity index (χ1) is 12.2. The van der Waals surface area contributed by atoms with E-state index in [1.54, 1.807) is 23.1 Å². The van der Waals surface area contributed by atoms with Crippen molar-refractivity contribution in [3.8, 4) is 5.75 Å². The van der Waals surface area contributed by atoms with Gasteiger partial charge in [0, 0.05) is 12.1 Å². The van der Waals surface area contributed by atoms with Crippen LogP contribution in [-0.2, 0) is 16.0 Å². The maximum atomic E-state index is 14.0. The Kier molecular flexibility index (Phi) is 5.66. The molecular weight excluding hydrogens is 321 g/mol. The van der Waals surface area contributed by atoms with Gasteiger partial charge in [-0.05, 0) is 30.7 Å². The Hall–Kier alpha value is -2.40. The molecule has 1 fully saturated rings. The van der Waals surface area contributed by atoms with Crippen LogP contribution in [0.25, 0.3) is 0 Å². The molecule has 0 aromatic heterocycles. The number of amides is 1. The number of nitrogens with zero attached hydrogens (tertiary/aromatic N) is 1. The molecule has 1 amide bonds.